The number of nitrogens with zero attached hydrogens (tertiary/aromatic N) is 1. The molecule has 2 atom stereocenters. The van der Waals surface area contributed by atoms with E-state index >= 15 is 0 Å². The number of carbonyl (C=O) groups is 2. The van der Waals surface area contributed by atoms with E-state index in [1.54, 1.807) is 16.7 Å². The summed E-state index contributed by atoms with van der Waals surface area (Å²) in [6, 6.07) is 7.35. The highest BCUT2D eigenvalue weighted by Crippen LogP contribution is 2.33. The lowest BCUT2D eigenvalue weighted by Crippen LogP contribution is -2.51. The van der Waals surface area contributed by atoms with Crippen LogP contribution in [0.5, 0.6) is 5.75 Å². The van der Waals surface area contributed by atoms with Gasteiger partial charge in [-0.2, -0.15) is 0 Å². The molecule has 130 valence electrons. The maximum atomic E-state index is 12.8. The average Bonchev–Trinajstić information content (AvgIpc) is 3.03. The van der Waals surface area contributed by atoms with E-state index in [1.165, 1.54) is 0 Å². The predicted octanol–water partition coefficient (Wildman–Crippen LogP) is 2.57. The smallest absolute Gasteiger partial charge is 0.244 e. The van der Waals surface area contributed by atoms with E-state index < -0.39 is 11.5 Å². The van der Waals surface area contributed by atoms with Crippen LogP contribution in [0, 0.1) is 5.41 Å². The van der Waals surface area contributed by atoms with Crippen molar-refractivity contribution < 1.29 is 14.3 Å². The van der Waals surface area contributed by atoms with Gasteiger partial charge in [0.25, 0.3) is 0 Å². The van der Waals surface area contributed by atoms with Crippen LogP contribution in [0.15, 0.2) is 24.3 Å². The first-order valence-electron chi connectivity index (χ1n) is 8.29. The Bertz CT molecular complexity index is 641. The maximum absolute atomic E-state index is 12.8. The number of carbonyl (C=O) groups excluding carboxylic acids is 2. The van der Waals surface area contributed by atoms with Crippen molar-refractivity contribution >= 4 is 23.6 Å². The van der Waals surface area contributed by atoms with E-state index in [9.17, 15) is 9.59 Å². The van der Waals surface area contributed by atoms with Gasteiger partial charge in [0, 0.05) is 23.2 Å². The van der Waals surface area contributed by atoms with Gasteiger partial charge in [-0.15, -0.1) is 11.8 Å². The lowest BCUT2D eigenvalue weighted by Gasteiger charge is -2.32. The Morgan fingerprint density at radius 1 is 1.29 bits per heavy atom. The van der Waals surface area contributed by atoms with Crippen molar-refractivity contribution in [2.75, 3.05) is 18.2 Å². The lowest BCUT2D eigenvalue weighted by molar-refractivity contribution is -0.144. The van der Waals surface area contributed by atoms with Crippen molar-refractivity contribution in [1.82, 2.24) is 10.2 Å². The Labute approximate surface area is 147 Å². The van der Waals surface area contributed by atoms with Gasteiger partial charge in [0.05, 0.1) is 18.5 Å². The van der Waals surface area contributed by atoms with Crippen molar-refractivity contribution in [3.8, 4) is 5.75 Å². The van der Waals surface area contributed by atoms with Crippen LogP contribution in [-0.4, -0.2) is 41.0 Å². The summed E-state index contributed by atoms with van der Waals surface area (Å²) in [7, 11) is 0. The highest BCUT2D eigenvalue weighted by atomic mass is 32.2. The fourth-order valence-electron chi connectivity index (χ4n) is 3.05. The van der Waals surface area contributed by atoms with Crippen molar-refractivity contribution in [2.45, 2.75) is 39.3 Å². The Morgan fingerprint density at radius 3 is 2.79 bits per heavy atom. The van der Waals surface area contributed by atoms with E-state index in [1.807, 2.05) is 45.0 Å². The number of nitrogens with one attached hydrogen (secondary N) is 1. The van der Waals surface area contributed by atoms with Crippen LogP contribution in [0.2, 0.25) is 0 Å². The molecule has 1 fully saturated rings. The maximum Gasteiger partial charge on any atom is 0.244 e. The van der Waals surface area contributed by atoms with Gasteiger partial charge >= 0.3 is 0 Å². The summed E-state index contributed by atoms with van der Waals surface area (Å²) >= 11 is 1.63. The van der Waals surface area contributed by atoms with Crippen LogP contribution < -0.4 is 10.1 Å². The number of ether oxygens (including phenoxy) is 1. The highest BCUT2D eigenvalue weighted by molar-refractivity contribution is 7.99. The molecular formula is C18H24N2O3S. The molecule has 6 heteroatoms. The molecule has 2 aliphatic heterocycles. The topological polar surface area (TPSA) is 58.6 Å². The number of hydrogen-bond acceptors (Lipinski definition) is 4. The molecule has 2 aliphatic rings. The molecule has 1 aromatic rings. The molecule has 0 aromatic heterocycles. The molecule has 2 amide bonds. The van der Waals surface area contributed by atoms with Crippen molar-refractivity contribution in [2.24, 2.45) is 5.41 Å². The molecule has 2 unspecified atom stereocenters. The molecule has 0 bridgehead atoms. The Morgan fingerprint density at radius 2 is 2.04 bits per heavy atom. The third kappa shape index (κ3) is 3.38. The fraction of sp³-hybridized carbons (Fsp3) is 0.556. The molecule has 5 nitrogen and oxygen atoms in total. The van der Waals surface area contributed by atoms with Crippen LogP contribution in [0.1, 0.15) is 38.8 Å². The Hall–Kier alpha value is -1.69. The average molecular weight is 348 g/mol. The van der Waals surface area contributed by atoms with Crippen molar-refractivity contribution in [1.29, 1.82) is 0 Å². The van der Waals surface area contributed by atoms with E-state index in [4.69, 9.17) is 4.74 Å². The van der Waals surface area contributed by atoms with Crippen LogP contribution in [0.4, 0.5) is 0 Å². The molecule has 3 rings (SSSR count). The second-order valence-electron chi connectivity index (χ2n) is 7.28. The Balaban J connectivity index is 1.72. The summed E-state index contributed by atoms with van der Waals surface area (Å²) in [6.45, 7) is 6.26. The molecule has 2 heterocycles. The van der Waals surface area contributed by atoms with Gasteiger partial charge < -0.3 is 15.0 Å². The van der Waals surface area contributed by atoms with E-state index in [-0.39, 0.29) is 17.9 Å². The van der Waals surface area contributed by atoms with Crippen LogP contribution >= 0.6 is 11.8 Å². The minimum absolute atomic E-state index is 0.0278. The molecule has 1 aromatic carbocycles. The van der Waals surface area contributed by atoms with Crippen molar-refractivity contribution in [3.63, 3.8) is 0 Å². The van der Waals surface area contributed by atoms with Gasteiger partial charge in [-0.3, -0.25) is 9.59 Å². The fourth-order valence-corrected chi connectivity index (χ4v) is 4.20. The van der Waals surface area contributed by atoms with Gasteiger partial charge in [-0.25, -0.2) is 0 Å². The number of rotatable bonds is 2. The summed E-state index contributed by atoms with van der Waals surface area (Å²) in [4.78, 5) is 27.1. The third-order valence-electron chi connectivity index (χ3n) is 4.36. The first-order valence-corrected chi connectivity index (χ1v) is 9.44. The SMILES string of the molecule is CC(C)(C)C(=O)N1CSCC1C(=O)NC1CCOc2ccccc21. The molecule has 1 saturated heterocycles. The Kier molecular flexibility index (Phi) is 4.76. The molecule has 24 heavy (non-hydrogen) atoms. The largest absolute Gasteiger partial charge is 0.493 e. The van der Waals surface area contributed by atoms with Crippen LogP contribution in [-0.2, 0) is 9.59 Å². The zero-order chi connectivity index (χ0) is 17.3. The van der Waals surface area contributed by atoms with Gasteiger partial charge in [-0.05, 0) is 6.07 Å². The first-order chi connectivity index (χ1) is 11.4. The number of fused-ring (bicyclic) bond motifs is 1. The summed E-state index contributed by atoms with van der Waals surface area (Å²) in [5, 5.41) is 3.13. The second kappa shape index (κ2) is 6.67. The predicted molar refractivity (Wildman–Crippen MR) is 94.9 cm³/mol. The minimum Gasteiger partial charge on any atom is -0.493 e. The standard InChI is InChI=1S/C18H24N2O3S/c1-18(2,3)17(22)20-11-24-10-14(20)16(21)19-13-8-9-23-15-7-5-4-6-12(13)15/h4-7,13-14H,8-11H2,1-3H3,(H,19,21). The number of thioether (sulfide) groups is 1. The molecular weight excluding hydrogens is 324 g/mol. The van der Waals surface area contributed by atoms with Gasteiger partial charge in [0.2, 0.25) is 11.8 Å². The quantitative estimate of drug-likeness (QED) is 0.892. The summed E-state index contributed by atoms with van der Waals surface area (Å²) in [6.07, 6.45) is 0.746. The second-order valence-corrected chi connectivity index (χ2v) is 8.28. The molecule has 1 N–H and O–H groups in total. The van der Waals surface area contributed by atoms with Crippen LogP contribution in [0.25, 0.3) is 0 Å². The van der Waals surface area contributed by atoms with E-state index in [0.29, 0.717) is 18.2 Å². The van der Waals surface area contributed by atoms with Gasteiger partial charge in [0.15, 0.2) is 0 Å². The van der Waals surface area contributed by atoms with Gasteiger partial charge in [0.1, 0.15) is 11.8 Å². The normalized spacial score (nSPS) is 23.4. The molecule has 0 radical (unpaired) electrons. The van der Waals surface area contributed by atoms with E-state index in [2.05, 4.69) is 5.32 Å². The number of amides is 2. The van der Waals surface area contributed by atoms with E-state index in [0.717, 1.165) is 17.7 Å². The third-order valence-corrected chi connectivity index (χ3v) is 5.37. The lowest BCUT2D eigenvalue weighted by atomic mass is 9.94. The molecule has 0 saturated carbocycles. The number of hydrogen-bond donors (Lipinski definition) is 1. The summed E-state index contributed by atoms with van der Waals surface area (Å²) in [5.41, 5.74) is 0.533. The highest BCUT2D eigenvalue weighted by Gasteiger charge is 2.39. The minimum atomic E-state index is -0.477. The summed E-state index contributed by atoms with van der Waals surface area (Å²) in [5.74, 6) is 2.02. The van der Waals surface area contributed by atoms with Gasteiger partial charge in [-0.1, -0.05) is 39.0 Å². The summed E-state index contributed by atoms with van der Waals surface area (Å²) < 4.78 is 5.64. The monoisotopic (exact) mass is 348 g/mol. The molecule has 0 aliphatic carbocycles. The zero-order valence-corrected chi connectivity index (χ0v) is 15.2. The molecule has 0 spiro atoms. The van der Waals surface area contributed by atoms with Crippen LogP contribution in [0.3, 0.4) is 0 Å². The number of benzene rings is 1. The number of para-hydroxylation sites is 1. The van der Waals surface area contributed by atoms with Crippen molar-refractivity contribution in [3.05, 3.63) is 29.8 Å². The zero-order valence-electron chi connectivity index (χ0n) is 14.4. The first kappa shape index (κ1) is 17.1.